The highest BCUT2D eigenvalue weighted by Gasteiger charge is 2.06. The summed E-state index contributed by atoms with van der Waals surface area (Å²) < 4.78 is 0. The molecule has 0 atom stereocenters. The van der Waals surface area contributed by atoms with Gasteiger partial charge < -0.3 is 10.7 Å². The SMILES string of the molecule is Cc1[nH]c(-c2ccccc2)nc1CCN. The molecular weight excluding hydrogens is 186 g/mol. The Morgan fingerprint density at radius 1 is 1.27 bits per heavy atom. The van der Waals surface area contributed by atoms with Gasteiger partial charge >= 0.3 is 0 Å². The minimum Gasteiger partial charge on any atom is -0.342 e. The van der Waals surface area contributed by atoms with Crippen LogP contribution in [0.25, 0.3) is 11.4 Å². The molecule has 3 N–H and O–H groups in total. The van der Waals surface area contributed by atoms with Gasteiger partial charge in [0, 0.05) is 17.7 Å². The molecule has 2 aromatic rings. The van der Waals surface area contributed by atoms with E-state index in [2.05, 4.69) is 9.97 Å². The third-order valence-electron chi connectivity index (χ3n) is 2.41. The first-order valence-corrected chi connectivity index (χ1v) is 5.12. The van der Waals surface area contributed by atoms with Crippen molar-refractivity contribution in [2.75, 3.05) is 6.54 Å². The number of nitrogens with zero attached hydrogens (tertiary/aromatic N) is 1. The van der Waals surface area contributed by atoms with Crippen molar-refractivity contribution in [1.82, 2.24) is 9.97 Å². The van der Waals surface area contributed by atoms with E-state index in [-0.39, 0.29) is 0 Å². The highest BCUT2D eigenvalue weighted by Crippen LogP contribution is 2.17. The Kier molecular flexibility index (Phi) is 2.83. The molecule has 2 rings (SSSR count). The van der Waals surface area contributed by atoms with Crippen LogP contribution >= 0.6 is 0 Å². The first-order chi connectivity index (χ1) is 7.31. The molecule has 0 saturated carbocycles. The van der Waals surface area contributed by atoms with E-state index in [1.165, 1.54) is 0 Å². The lowest BCUT2D eigenvalue weighted by Gasteiger charge is -1.94. The molecule has 1 heterocycles. The molecule has 1 aromatic carbocycles. The van der Waals surface area contributed by atoms with E-state index in [1.807, 2.05) is 37.3 Å². The Balaban J connectivity index is 2.34. The van der Waals surface area contributed by atoms with Gasteiger partial charge in [0.2, 0.25) is 0 Å². The molecule has 3 heteroatoms. The average molecular weight is 201 g/mol. The second kappa shape index (κ2) is 4.28. The zero-order valence-electron chi connectivity index (χ0n) is 8.83. The average Bonchev–Trinajstić information content (AvgIpc) is 2.63. The van der Waals surface area contributed by atoms with Gasteiger partial charge in [0.1, 0.15) is 5.82 Å². The fourth-order valence-electron chi connectivity index (χ4n) is 1.61. The second-order valence-electron chi connectivity index (χ2n) is 3.56. The summed E-state index contributed by atoms with van der Waals surface area (Å²) in [5.74, 6) is 0.927. The summed E-state index contributed by atoms with van der Waals surface area (Å²) in [5.41, 5.74) is 8.81. The molecule has 0 aliphatic heterocycles. The minimum absolute atomic E-state index is 0.639. The van der Waals surface area contributed by atoms with Gasteiger partial charge in [0.25, 0.3) is 0 Å². The van der Waals surface area contributed by atoms with Gasteiger partial charge in [-0.1, -0.05) is 30.3 Å². The summed E-state index contributed by atoms with van der Waals surface area (Å²) in [5, 5.41) is 0. The number of H-pyrrole nitrogens is 1. The summed E-state index contributed by atoms with van der Waals surface area (Å²) in [6.07, 6.45) is 0.829. The first-order valence-electron chi connectivity index (χ1n) is 5.12. The molecule has 0 spiro atoms. The maximum Gasteiger partial charge on any atom is 0.137 e. The summed E-state index contributed by atoms with van der Waals surface area (Å²) in [6.45, 7) is 2.67. The molecule has 0 unspecified atom stereocenters. The molecule has 78 valence electrons. The van der Waals surface area contributed by atoms with Gasteiger partial charge in [-0.2, -0.15) is 0 Å². The summed E-state index contributed by atoms with van der Waals surface area (Å²) in [6, 6.07) is 10.1. The van der Waals surface area contributed by atoms with Crippen molar-refractivity contribution in [3.8, 4) is 11.4 Å². The monoisotopic (exact) mass is 201 g/mol. The molecule has 0 bridgehead atoms. The number of benzene rings is 1. The summed E-state index contributed by atoms with van der Waals surface area (Å²) in [4.78, 5) is 7.81. The fourth-order valence-corrected chi connectivity index (χ4v) is 1.61. The van der Waals surface area contributed by atoms with Crippen LogP contribution in [-0.4, -0.2) is 16.5 Å². The van der Waals surface area contributed by atoms with E-state index >= 15 is 0 Å². The summed E-state index contributed by atoms with van der Waals surface area (Å²) >= 11 is 0. The maximum atomic E-state index is 5.52. The number of rotatable bonds is 3. The summed E-state index contributed by atoms with van der Waals surface area (Å²) in [7, 11) is 0. The third kappa shape index (κ3) is 2.07. The van der Waals surface area contributed by atoms with Crippen LogP contribution in [-0.2, 0) is 6.42 Å². The Bertz CT molecular complexity index is 431. The van der Waals surface area contributed by atoms with Crippen molar-refractivity contribution in [3.05, 3.63) is 41.7 Å². The first kappa shape index (κ1) is 9.93. The van der Waals surface area contributed by atoms with E-state index < -0.39 is 0 Å². The van der Waals surface area contributed by atoms with E-state index in [0.29, 0.717) is 6.54 Å². The lowest BCUT2D eigenvalue weighted by Crippen LogP contribution is -2.03. The Labute approximate surface area is 89.4 Å². The van der Waals surface area contributed by atoms with Gasteiger partial charge in [-0.3, -0.25) is 0 Å². The lowest BCUT2D eigenvalue weighted by molar-refractivity contribution is 0.924. The normalized spacial score (nSPS) is 10.5. The van der Waals surface area contributed by atoms with Crippen LogP contribution in [0, 0.1) is 6.92 Å². The van der Waals surface area contributed by atoms with E-state index in [0.717, 1.165) is 29.2 Å². The van der Waals surface area contributed by atoms with Crippen molar-refractivity contribution in [2.45, 2.75) is 13.3 Å². The topological polar surface area (TPSA) is 54.7 Å². The van der Waals surface area contributed by atoms with E-state index in [1.54, 1.807) is 0 Å². The van der Waals surface area contributed by atoms with Crippen LogP contribution in [0.3, 0.4) is 0 Å². The molecule has 0 aliphatic rings. The lowest BCUT2D eigenvalue weighted by atomic mass is 10.2. The van der Waals surface area contributed by atoms with Crippen molar-refractivity contribution in [2.24, 2.45) is 5.73 Å². The second-order valence-corrected chi connectivity index (χ2v) is 3.56. The molecule has 0 amide bonds. The van der Waals surface area contributed by atoms with Gasteiger partial charge in [0.15, 0.2) is 0 Å². The van der Waals surface area contributed by atoms with E-state index in [9.17, 15) is 0 Å². The predicted octanol–water partition coefficient (Wildman–Crippen LogP) is 1.89. The van der Waals surface area contributed by atoms with Gasteiger partial charge in [-0.05, 0) is 13.5 Å². The predicted molar refractivity (Wildman–Crippen MR) is 61.5 cm³/mol. The number of aromatic amines is 1. The standard InChI is InChI=1S/C12H15N3/c1-9-11(7-8-13)15-12(14-9)10-5-3-2-4-6-10/h2-6H,7-8,13H2,1H3,(H,14,15). The largest absolute Gasteiger partial charge is 0.342 e. The molecule has 0 saturated heterocycles. The molecule has 0 aliphatic carbocycles. The number of hydrogen-bond acceptors (Lipinski definition) is 2. The molecule has 3 nitrogen and oxygen atoms in total. The maximum absolute atomic E-state index is 5.52. The molecular formula is C12H15N3. The van der Waals surface area contributed by atoms with Crippen molar-refractivity contribution < 1.29 is 0 Å². The van der Waals surface area contributed by atoms with Crippen LogP contribution < -0.4 is 5.73 Å². The molecule has 0 radical (unpaired) electrons. The molecule has 0 fully saturated rings. The minimum atomic E-state index is 0.639. The van der Waals surface area contributed by atoms with Gasteiger partial charge in [0.05, 0.1) is 5.69 Å². The van der Waals surface area contributed by atoms with Crippen molar-refractivity contribution in [1.29, 1.82) is 0 Å². The number of aryl methyl sites for hydroxylation is 1. The molecule has 15 heavy (non-hydrogen) atoms. The van der Waals surface area contributed by atoms with Crippen molar-refractivity contribution in [3.63, 3.8) is 0 Å². The van der Waals surface area contributed by atoms with Gasteiger partial charge in [-0.25, -0.2) is 4.98 Å². The number of aromatic nitrogens is 2. The Morgan fingerprint density at radius 3 is 2.67 bits per heavy atom. The van der Waals surface area contributed by atoms with Crippen LogP contribution in [0.2, 0.25) is 0 Å². The zero-order chi connectivity index (χ0) is 10.7. The van der Waals surface area contributed by atoms with Crippen LogP contribution in [0.4, 0.5) is 0 Å². The smallest absolute Gasteiger partial charge is 0.137 e. The van der Waals surface area contributed by atoms with Crippen LogP contribution in [0.1, 0.15) is 11.4 Å². The quantitative estimate of drug-likeness (QED) is 0.796. The van der Waals surface area contributed by atoms with Crippen molar-refractivity contribution >= 4 is 0 Å². The highest BCUT2D eigenvalue weighted by atomic mass is 14.9. The Morgan fingerprint density at radius 2 is 2.00 bits per heavy atom. The Hall–Kier alpha value is -1.61. The fraction of sp³-hybridized carbons (Fsp3) is 0.250. The number of nitrogens with one attached hydrogen (secondary N) is 1. The third-order valence-corrected chi connectivity index (χ3v) is 2.41. The zero-order valence-corrected chi connectivity index (χ0v) is 8.83. The number of nitrogens with two attached hydrogens (primary N) is 1. The number of imidazole rings is 1. The van der Waals surface area contributed by atoms with Crippen LogP contribution in [0.15, 0.2) is 30.3 Å². The highest BCUT2D eigenvalue weighted by molar-refractivity contribution is 5.55. The van der Waals surface area contributed by atoms with E-state index in [4.69, 9.17) is 5.73 Å². The van der Waals surface area contributed by atoms with Crippen LogP contribution in [0.5, 0.6) is 0 Å². The molecule has 1 aromatic heterocycles. The number of hydrogen-bond donors (Lipinski definition) is 2. The van der Waals surface area contributed by atoms with Gasteiger partial charge in [-0.15, -0.1) is 0 Å².